The lowest BCUT2D eigenvalue weighted by atomic mass is 9.85. The van der Waals surface area contributed by atoms with Crippen LogP contribution in [0.2, 0.25) is 0 Å². The van der Waals surface area contributed by atoms with Gasteiger partial charge in [-0.05, 0) is 25.8 Å². The van der Waals surface area contributed by atoms with Crippen LogP contribution in [0.1, 0.15) is 40.0 Å². The van der Waals surface area contributed by atoms with Crippen molar-refractivity contribution in [3.8, 4) is 0 Å². The molecule has 2 fully saturated rings. The van der Waals surface area contributed by atoms with E-state index in [1.54, 1.807) is 0 Å². The van der Waals surface area contributed by atoms with Gasteiger partial charge in [-0.1, -0.05) is 13.2 Å². The molecule has 3 aliphatic rings. The van der Waals surface area contributed by atoms with E-state index in [-0.39, 0.29) is 42.0 Å². The van der Waals surface area contributed by atoms with E-state index in [1.807, 2.05) is 6.92 Å². The minimum absolute atomic E-state index is 0.00661. The molecule has 8 nitrogen and oxygen atoms in total. The summed E-state index contributed by atoms with van der Waals surface area (Å²) in [5, 5.41) is 0. The lowest BCUT2D eigenvalue weighted by Gasteiger charge is -2.25. The minimum Gasteiger partial charge on any atom is -0.461 e. The Bertz CT molecular complexity index is 851. The Kier molecular flexibility index (Phi) is 5.49. The van der Waals surface area contributed by atoms with Crippen LogP contribution >= 0.6 is 0 Å². The zero-order valence-electron chi connectivity index (χ0n) is 16.7. The second-order valence-electron chi connectivity index (χ2n) is 7.80. The highest BCUT2D eigenvalue weighted by atomic mass is 16.6. The third-order valence-corrected chi connectivity index (χ3v) is 5.39. The van der Waals surface area contributed by atoms with E-state index in [2.05, 4.69) is 13.2 Å². The molecule has 1 saturated carbocycles. The summed E-state index contributed by atoms with van der Waals surface area (Å²) in [6, 6.07) is 0. The zero-order chi connectivity index (χ0) is 21.5. The van der Waals surface area contributed by atoms with Gasteiger partial charge in [0.2, 0.25) is 0 Å². The summed E-state index contributed by atoms with van der Waals surface area (Å²) < 4.78 is 21.9. The predicted molar refractivity (Wildman–Crippen MR) is 99.5 cm³/mol. The van der Waals surface area contributed by atoms with Crippen LogP contribution in [0.5, 0.6) is 0 Å². The normalized spacial score (nSPS) is 31.4. The van der Waals surface area contributed by atoms with Crippen LogP contribution in [-0.4, -0.2) is 54.2 Å². The average molecular weight is 404 g/mol. The van der Waals surface area contributed by atoms with Crippen LogP contribution in [0, 0.1) is 0 Å². The summed E-state index contributed by atoms with van der Waals surface area (Å²) in [6.45, 7) is 11.6. The molecule has 0 aromatic carbocycles. The summed E-state index contributed by atoms with van der Waals surface area (Å²) in [5.74, 6) is -2.08. The molecule has 0 unspecified atom stereocenters. The number of ether oxygens (including phenoxy) is 4. The molecule has 0 radical (unpaired) electrons. The van der Waals surface area contributed by atoms with Crippen LogP contribution in [0.4, 0.5) is 0 Å². The lowest BCUT2D eigenvalue weighted by Crippen LogP contribution is -2.34. The highest BCUT2D eigenvalue weighted by Gasteiger charge is 2.62. The van der Waals surface area contributed by atoms with Crippen LogP contribution in [0.25, 0.3) is 0 Å². The highest BCUT2D eigenvalue weighted by Crippen LogP contribution is 2.49. The number of hydrogen-bond donors (Lipinski definition) is 0. The third-order valence-electron chi connectivity index (χ3n) is 5.39. The van der Waals surface area contributed by atoms with E-state index >= 15 is 0 Å². The number of ketones is 1. The van der Waals surface area contributed by atoms with E-state index in [1.165, 1.54) is 13.8 Å². The van der Waals surface area contributed by atoms with Gasteiger partial charge in [-0.25, -0.2) is 9.59 Å². The Hall–Kier alpha value is -2.74. The number of rotatable bonds is 4. The van der Waals surface area contributed by atoms with Gasteiger partial charge in [0, 0.05) is 30.9 Å². The lowest BCUT2D eigenvalue weighted by molar-refractivity contribution is -0.143. The smallest absolute Gasteiger partial charge is 0.338 e. The van der Waals surface area contributed by atoms with E-state index in [4.69, 9.17) is 18.9 Å². The monoisotopic (exact) mass is 404 g/mol. The molecule has 0 amide bonds. The van der Waals surface area contributed by atoms with Crippen molar-refractivity contribution in [3.05, 3.63) is 35.5 Å². The van der Waals surface area contributed by atoms with Gasteiger partial charge < -0.3 is 18.9 Å². The molecule has 0 aromatic rings. The summed E-state index contributed by atoms with van der Waals surface area (Å²) in [4.78, 5) is 48.5. The van der Waals surface area contributed by atoms with Crippen molar-refractivity contribution in [1.82, 2.24) is 0 Å². The number of fused-ring (bicyclic) bond motifs is 3. The SMILES string of the molecule is C=C(C)C(=O)O[C@@H]1CC(=C)C(=O)CC[C@]2(C)O[C@@H]2[C@@H]2OC(=O)C(COC(C)=O)=C21. The molecule has 156 valence electrons. The first-order valence-corrected chi connectivity index (χ1v) is 9.36. The number of epoxide rings is 1. The van der Waals surface area contributed by atoms with E-state index in [9.17, 15) is 19.2 Å². The van der Waals surface area contributed by atoms with Crippen molar-refractivity contribution < 1.29 is 38.1 Å². The first kappa shape index (κ1) is 21.0. The second kappa shape index (κ2) is 7.59. The molecule has 1 saturated heterocycles. The molecule has 2 heterocycles. The number of hydrogen-bond acceptors (Lipinski definition) is 8. The van der Waals surface area contributed by atoms with E-state index in [0.29, 0.717) is 12.0 Å². The van der Waals surface area contributed by atoms with Crippen LogP contribution in [0.15, 0.2) is 35.5 Å². The van der Waals surface area contributed by atoms with Crippen LogP contribution in [-0.2, 0) is 38.1 Å². The number of carbonyl (C=O) groups excluding carboxylic acids is 4. The molecule has 3 rings (SSSR count). The van der Waals surface area contributed by atoms with Crippen LogP contribution < -0.4 is 0 Å². The van der Waals surface area contributed by atoms with Gasteiger partial charge >= 0.3 is 17.9 Å². The maximum Gasteiger partial charge on any atom is 0.338 e. The first-order valence-electron chi connectivity index (χ1n) is 9.36. The molecule has 29 heavy (non-hydrogen) atoms. The fourth-order valence-electron chi connectivity index (χ4n) is 3.62. The van der Waals surface area contributed by atoms with Crippen molar-refractivity contribution in [2.45, 2.75) is 63.9 Å². The van der Waals surface area contributed by atoms with E-state index < -0.39 is 41.8 Å². The van der Waals surface area contributed by atoms with Crippen molar-refractivity contribution in [2.24, 2.45) is 0 Å². The van der Waals surface area contributed by atoms with Crippen molar-refractivity contribution in [3.63, 3.8) is 0 Å². The van der Waals surface area contributed by atoms with Crippen molar-refractivity contribution in [2.75, 3.05) is 6.61 Å². The zero-order valence-corrected chi connectivity index (χ0v) is 16.7. The van der Waals surface area contributed by atoms with Crippen molar-refractivity contribution >= 4 is 23.7 Å². The Morgan fingerprint density at radius 1 is 1.28 bits per heavy atom. The van der Waals surface area contributed by atoms with Gasteiger partial charge in [-0.2, -0.15) is 0 Å². The molecule has 0 aromatic heterocycles. The Morgan fingerprint density at radius 3 is 2.59 bits per heavy atom. The maximum absolute atomic E-state index is 12.6. The summed E-state index contributed by atoms with van der Waals surface area (Å²) in [7, 11) is 0. The summed E-state index contributed by atoms with van der Waals surface area (Å²) >= 11 is 0. The van der Waals surface area contributed by atoms with Gasteiger partial charge in [0.1, 0.15) is 18.8 Å². The summed E-state index contributed by atoms with van der Waals surface area (Å²) in [5.41, 5.74) is 0.211. The number of Topliss-reactive ketones (excluding diaryl/α,β-unsaturated/α-hetero) is 1. The van der Waals surface area contributed by atoms with Crippen molar-refractivity contribution in [1.29, 1.82) is 0 Å². The minimum atomic E-state index is -0.996. The van der Waals surface area contributed by atoms with Gasteiger partial charge in [0.05, 0.1) is 11.2 Å². The molecule has 8 heteroatoms. The Balaban J connectivity index is 2.06. The van der Waals surface area contributed by atoms with Gasteiger partial charge in [-0.15, -0.1) is 0 Å². The molecule has 0 bridgehead atoms. The van der Waals surface area contributed by atoms with Crippen LogP contribution in [0.3, 0.4) is 0 Å². The molecular weight excluding hydrogens is 380 g/mol. The molecule has 4 atom stereocenters. The standard InChI is InChI=1S/C21H24O8/c1-10(2)19(24)27-15-8-11(3)14(23)6-7-21(5)18(29-21)17-16(15)13(20(25)28-17)9-26-12(4)22/h15,17-18H,1,3,6-9H2,2,4-5H3/t15-,17-,18-,21+/m1/s1. The fourth-order valence-corrected chi connectivity index (χ4v) is 3.62. The predicted octanol–water partition coefficient (Wildman–Crippen LogP) is 1.73. The number of esters is 3. The molecular formula is C21H24O8. The average Bonchev–Trinajstić information content (AvgIpc) is 3.20. The molecule has 0 N–H and O–H groups in total. The summed E-state index contributed by atoms with van der Waals surface area (Å²) in [6.07, 6.45) is -1.61. The number of carbonyl (C=O) groups is 4. The molecule has 0 spiro atoms. The largest absolute Gasteiger partial charge is 0.461 e. The highest BCUT2D eigenvalue weighted by molar-refractivity contribution is 5.96. The molecule has 2 aliphatic heterocycles. The Morgan fingerprint density at radius 2 is 1.97 bits per heavy atom. The fraction of sp³-hybridized carbons (Fsp3) is 0.524. The van der Waals surface area contributed by atoms with Gasteiger partial charge in [0.25, 0.3) is 0 Å². The topological polar surface area (TPSA) is 109 Å². The second-order valence-corrected chi connectivity index (χ2v) is 7.80. The van der Waals surface area contributed by atoms with Gasteiger partial charge in [-0.3, -0.25) is 9.59 Å². The molecule has 1 aliphatic carbocycles. The maximum atomic E-state index is 12.6. The van der Waals surface area contributed by atoms with Gasteiger partial charge in [0.15, 0.2) is 11.9 Å². The quantitative estimate of drug-likeness (QED) is 0.302. The Labute approximate surface area is 168 Å². The third kappa shape index (κ3) is 4.17. The first-order chi connectivity index (χ1) is 13.5. The van der Waals surface area contributed by atoms with E-state index in [0.717, 1.165) is 0 Å².